The molecule has 76 valence electrons. The fraction of sp³-hybridized carbons (Fsp3) is 0.455. The average molecular weight is 192 g/mol. The van der Waals surface area contributed by atoms with Gasteiger partial charge in [0.25, 0.3) is 0 Å². The van der Waals surface area contributed by atoms with Crippen LogP contribution >= 0.6 is 0 Å². The van der Waals surface area contributed by atoms with Gasteiger partial charge in [-0.3, -0.25) is 0 Å². The first-order valence-electron chi connectivity index (χ1n) is 4.92. The van der Waals surface area contributed by atoms with Gasteiger partial charge in [0.2, 0.25) is 0 Å². The Hall–Kier alpha value is -0.900. The van der Waals surface area contributed by atoms with Crippen molar-refractivity contribution in [2.75, 3.05) is 13.1 Å². The lowest BCUT2D eigenvalue weighted by Crippen LogP contribution is -2.49. The Morgan fingerprint density at radius 1 is 1.29 bits per heavy atom. The highest BCUT2D eigenvalue weighted by Crippen LogP contribution is 2.31. The monoisotopic (exact) mass is 192 g/mol. The maximum absolute atomic E-state index is 12.3. The van der Waals surface area contributed by atoms with E-state index < -0.39 is 4.76 Å². The van der Waals surface area contributed by atoms with Gasteiger partial charge in [0.05, 0.1) is 6.54 Å². The predicted molar refractivity (Wildman–Crippen MR) is 58.3 cm³/mol. The van der Waals surface area contributed by atoms with Gasteiger partial charge < -0.3 is 5.21 Å². The molecule has 1 aliphatic rings. The van der Waals surface area contributed by atoms with Crippen molar-refractivity contribution in [3.05, 3.63) is 35.5 Å². The SMILES string of the molecule is CC1(C)CN[N@+]([O-])(c2ccccc2)C1. The highest BCUT2D eigenvalue weighted by atomic mass is 16.6. The molecule has 0 saturated carbocycles. The Labute approximate surface area is 84.5 Å². The van der Waals surface area contributed by atoms with E-state index in [0.717, 1.165) is 12.2 Å². The molecule has 1 atom stereocenters. The molecule has 0 spiro atoms. The van der Waals surface area contributed by atoms with Gasteiger partial charge in [0.15, 0.2) is 5.69 Å². The van der Waals surface area contributed by atoms with E-state index in [-0.39, 0.29) is 5.41 Å². The number of nitrogens with one attached hydrogen (secondary N) is 1. The molecule has 14 heavy (non-hydrogen) atoms. The van der Waals surface area contributed by atoms with E-state index >= 15 is 0 Å². The van der Waals surface area contributed by atoms with Crippen LogP contribution in [0.25, 0.3) is 0 Å². The fourth-order valence-corrected chi connectivity index (χ4v) is 1.91. The lowest BCUT2D eigenvalue weighted by Gasteiger charge is -2.37. The second kappa shape index (κ2) is 3.05. The highest BCUT2D eigenvalue weighted by Gasteiger charge is 2.38. The number of hydroxylamine groups is 1. The molecule has 3 heteroatoms. The summed E-state index contributed by atoms with van der Waals surface area (Å²) in [5, 5.41) is 12.3. The van der Waals surface area contributed by atoms with Gasteiger partial charge in [-0.2, -0.15) is 5.43 Å². The molecule has 0 amide bonds. The van der Waals surface area contributed by atoms with Gasteiger partial charge in [-0.25, -0.2) is 4.76 Å². The molecular formula is C11H16N2O. The molecule has 0 unspecified atom stereocenters. The zero-order valence-corrected chi connectivity index (χ0v) is 8.66. The van der Waals surface area contributed by atoms with Crippen molar-refractivity contribution in [3.63, 3.8) is 0 Å². The quantitative estimate of drug-likeness (QED) is 0.546. The molecule has 0 radical (unpaired) electrons. The Balaban J connectivity index is 2.27. The van der Waals surface area contributed by atoms with E-state index in [1.54, 1.807) is 0 Å². The maximum Gasteiger partial charge on any atom is 0.152 e. The van der Waals surface area contributed by atoms with Gasteiger partial charge in [-0.1, -0.05) is 32.0 Å². The fourth-order valence-electron chi connectivity index (χ4n) is 1.91. The van der Waals surface area contributed by atoms with E-state index in [9.17, 15) is 5.21 Å². The Bertz CT molecular complexity index is 323. The summed E-state index contributed by atoms with van der Waals surface area (Å²) in [6, 6.07) is 9.49. The summed E-state index contributed by atoms with van der Waals surface area (Å²) < 4.78 is -0.395. The van der Waals surface area contributed by atoms with Crippen LogP contribution in [0.3, 0.4) is 0 Å². The third-order valence-corrected chi connectivity index (χ3v) is 2.64. The van der Waals surface area contributed by atoms with Crippen LogP contribution in [0.1, 0.15) is 13.8 Å². The molecule has 0 aliphatic carbocycles. The number of quaternary nitrogens is 1. The normalized spacial score (nSPS) is 30.5. The number of benzene rings is 1. The first-order chi connectivity index (χ1) is 6.52. The first kappa shape index (κ1) is 9.65. The van der Waals surface area contributed by atoms with Crippen molar-refractivity contribution < 1.29 is 0 Å². The van der Waals surface area contributed by atoms with Gasteiger partial charge in [0.1, 0.15) is 6.54 Å². The summed E-state index contributed by atoms with van der Waals surface area (Å²) in [6.45, 7) is 5.59. The van der Waals surface area contributed by atoms with E-state index in [1.165, 1.54) is 0 Å². The van der Waals surface area contributed by atoms with Crippen molar-refractivity contribution in [1.82, 2.24) is 10.2 Å². The predicted octanol–water partition coefficient (Wildman–Crippen LogP) is 2.04. The number of rotatable bonds is 1. The van der Waals surface area contributed by atoms with E-state index in [4.69, 9.17) is 0 Å². The lowest BCUT2D eigenvalue weighted by molar-refractivity contribution is 0.327. The highest BCUT2D eigenvalue weighted by molar-refractivity contribution is 5.43. The molecule has 1 fully saturated rings. The van der Waals surface area contributed by atoms with Crippen molar-refractivity contribution in [2.45, 2.75) is 13.8 Å². The zero-order chi connectivity index (χ0) is 10.2. The molecule has 0 aromatic heterocycles. The minimum atomic E-state index is -0.395. The van der Waals surface area contributed by atoms with Crippen LogP contribution in [0.5, 0.6) is 0 Å². The maximum atomic E-state index is 12.3. The van der Waals surface area contributed by atoms with Gasteiger partial charge in [-0.05, 0) is 0 Å². The van der Waals surface area contributed by atoms with E-state index in [2.05, 4.69) is 19.3 Å². The van der Waals surface area contributed by atoms with Crippen LogP contribution in [0.2, 0.25) is 0 Å². The molecule has 1 N–H and O–H groups in total. The second-order valence-electron chi connectivity index (χ2n) is 4.73. The Morgan fingerprint density at radius 2 is 1.93 bits per heavy atom. The topological polar surface area (TPSA) is 35.1 Å². The Kier molecular flexibility index (Phi) is 2.10. The molecule has 2 rings (SSSR count). The summed E-state index contributed by atoms with van der Waals surface area (Å²) >= 11 is 0. The second-order valence-corrected chi connectivity index (χ2v) is 4.73. The van der Waals surface area contributed by atoms with Gasteiger partial charge in [0, 0.05) is 17.5 Å². The van der Waals surface area contributed by atoms with E-state index in [0.29, 0.717) is 6.54 Å². The van der Waals surface area contributed by atoms with E-state index in [1.807, 2.05) is 30.3 Å². The first-order valence-corrected chi connectivity index (χ1v) is 4.92. The van der Waals surface area contributed by atoms with Crippen LogP contribution in [0.4, 0.5) is 5.69 Å². The third-order valence-electron chi connectivity index (χ3n) is 2.64. The minimum Gasteiger partial charge on any atom is -0.606 e. The third kappa shape index (κ3) is 1.66. The summed E-state index contributed by atoms with van der Waals surface area (Å²) in [7, 11) is 0. The molecule has 1 aromatic carbocycles. The van der Waals surface area contributed by atoms with Crippen LogP contribution in [0, 0.1) is 10.6 Å². The number of nitrogens with zero attached hydrogens (tertiary/aromatic N) is 1. The standard InChI is InChI=1S/C11H16N2O/c1-11(2)8-12-13(14,9-11)10-6-4-3-5-7-10/h3-7,12H,8-9H2,1-2H3/t13-/m1/s1. The zero-order valence-electron chi connectivity index (χ0n) is 8.66. The largest absolute Gasteiger partial charge is 0.606 e. The molecule has 1 saturated heterocycles. The number of para-hydroxylation sites is 1. The smallest absolute Gasteiger partial charge is 0.152 e. The van der Waals surface area contributed by atoms with Gasteiger partial charge in [-0.15, -0.1) is 0 Å². The molecule has 3 nitrogen and oxygen atoms in total. The van der Waals surface area contributed by atoms with Crippen LogP contribution in [-0.4, -0.2) is 13.1 Å². The van der Waals surface area contributed by atoms with Crippen molar-refractivity contribution in [2.24, 2.45) is 5.41 Å². The average Bonchev–Trinajstić information content (AvgIpc) is 2.44. The minimum absolute atomic E-state index is 0.0809. The van der Waals surface area contributed by atoms with Crippen molar-refractivity contribution >= 4 is 5.69 Å². The molecule has 0 bridgehead atoms. The lowest BCUT2D eigenvalue weighted by atomic mass is 9.95. The summed E-state index contributed by atoms with van der Waals surface area (Å²) in [4.78, 5) is 0. The van der Waals surface area contributed by atoms with Crippen LogP contribution < -0.4 is 10.2 Å². The van der Waals surface area contributed by atoms with Crippen molar-refractivity contribution in [1.29, 1.82) is 0 Å². The van der Waals surface area contributed by atoms with Gasteiger partial charge >= 0.3 is 0 Å². The number of hydrogen-bond donors (Lipinski definition) is 1. The van der Waals surface area contributed by atoms with Crippen molar-refractivity contribution in [3.8, 4) is 0 Å². The number of hydrogen-bond acceptors (Lipinski definition) is 2. The molecule has 1 aromatic rings. The molecule has 1 aliphatic heterocycles. The molecule has 1 heterocycles. The molecular weight excluding hydrogens is 176 g/mol. The van der Waals surface area contributed by atoms with Crippen LogP contribution in [-0.2, 0) is 0 Å². The summed E-state index contributed by atoms with van der Waals surface area (Å²) in [5.74, 6) is 0. The summed E-state index contributed by atoms with van der Waals surface area (Å²) in [6.07, 6.45) is 0. The van der Waals surface area contributed by atoms with Crippen LogP contribution in [0.15, 0.2) is 30.3 Å². The Morgan fingerprint density at radius 3 is 2.43 bits per heavy atom. The summed E-state index contributed by atoms with van der Waals surface area (Å²) in [5.41, 5.74) is 3.89.